The maximum atomic E-state index is 13.5. The Morgan fingerprint density at radius 2 is 2.00 bits per heavy atom. The number of rotatable bonds is 5. The summed E-state index contributed by atoms with van der Waals surface area (Å²) in [6, 6.07) is 9.61. The highest BCUT2D eigenvalue weighted by molar-refractivity contribution is 5.91. The van der Waals surface area contributed by atoms with E-state index in [-0.39, 0.29) is 18.4 Å². The maximum Gasteiger partial charge on any atom is 0.321 e. The van der Waals surface area contributed by atoms with Crippen LogP contribution in [0.3, 0.4) is 0 Å². The first-order chi connectivity index (χ1) is 13.7. The van der Waals surface area contributed by atoms with Gasteiger partial charge < -0.3 is 19.9 Å². The number of imidazole rings is 1. The Balaban J connectivity index is 1.81. The molecular formula is C21H23FN4O3. The number of carboxylic acid groups (broad SMARTS) is 1. The topological polar surface area (TPSA) is 87.5 Å². The maximum absolute atomic E-state index is 13.5. The number of fused-ring (bicyclic) bond motifs is 1. The van der Waals surface area contributed by atoms with E-state index in [1.807, 2.05) is 30.7 Å². The number of amides is 2. The first-order valence-corrected chi connectivity index (χ1v) is 9.15. The molecule has 0 bridgehead atoms. The number of benzene rings is 2. The molecule has 7 nitrogen and oxygen atoms in total. The Hall–Kier alpha value is -3.42. The van der Waals surface area contributed by atoms with Crippen molar-refractivity contribution < 1.29 is 19.1 Å². The Morgan fingerprint density at radius 1 is 1.28 bits per heavy atom. The third kappa shape index (κ3) is 4.21. The lowest BCUT2D eigenvalue weighted by Gasteiger charge is -2.20. The van der Waals surface area contributed by atoms with Gasteiger partial charge in [0.15, 0.2) is 0 Å². The van der Waals surface area contributed by atoms with Crippen molar-refractivity contribution in [1.29, 1.82) is 0 Å². The molecule has 0 aliphatic rings. The quantitative estimate of drug-likeness (QED) is 0.683. The number of nitrogens with zero attached hydrogens (tertiary/aromatic N) is 3. The number of aliphatic carboxylic acids is 1. The zero-order valence-corrected chi connectivity index (χ0v) is 16.7. The van der Waals surface area contributed by atoms with E-state index in [9.17, 15) is 14.0 Å². The standard InChI is InChI=1S/C21H23FN4O3/c1-12-9-14(19-23-17-10-15(22)6-8-18(17)26(19)4)5-7-16(12)24-21(29)25(3)11-13(2)20(27)28/h5-10,13H,11H2,1-4H3,(H,24,29)(H,27,28). The third-order valence-corrected chi connectivity index (χ3v) is 4.89. The van der Waals surface area contributed by atoms with Crippen LogP contribution in [-0.4, -0.2) is 45.2 Å². The molecule has 0 spiro atoms. The predicted octanol–water partition coefficient (Wildman–Crippen LogP) is 3.87. The molecule has 2 amide bonds. The van der Waals surface area contributed by atoms with Crippen LogP contribution < -0.4 is 5.32 Å². The van der Waals surface area contributed by atoms with Gasteiger partial charge in [0.25, 0.3) is 0 Å². The molecule has 0 fully saturated rings. The zero-order chi connectivity index (χ0) is 21.3. The average molecular weight is 398 g/mol. The molecule has 0 saturated carbocycles. The van der Waals surface area contributed by atoms with E-state index in [2.05, 4.69) is 10.3 Å². The Kier molecular flexibility index (Phi) is 5.54. The van der Waals surface area contributed by atoms with E-state index in [4.69, 9.17) is 5.11 Å². The minimum atomic E-state index is -0.951. The van der Waals surface area contributed by atoms with Crippen molar-refractivity contribution in [2.75, 3.05) is 18.9 Å². The normalized spacial score (nSPS) is 12.0. The van der Waals surface area contributed by atoms with Gasteiger partial charge in [-0.05, 0) is 42.8 Å². The number of hydrogen-bond donors (Lipinski definition) is 2. The molecule has 1 heterocycles. The van der Waals surface area contributed by atoms with Crippen molar-refractivity contribution in [3.8, 4) is 11.4 Å². The number of carboxylic acids is 1. The summed E-state index contributed by atoms with van der Waals surface area (Å²) in [6.45, 7) is 3.52. The molecular weight excluding hydrogens is 375 g/mol. The van der Waals surface area contributed by atoms with Gasteiger partial charge in [-0.3, -0.25) is 4.79 Å². The van der Waals surface area contributed by atoms with Crippen molar-refractivity contribution in [2.24, 2.45) is 13.0 Å². The molecule has 8 heteroatoms. The first kappa shape index (κ1) is 20.3. The summed E-state index contributed by atoms with van der Waals surface area (Å²) in [4.78, 5) is 29.2. The number of aryl methyl sites for hydroxylation is 2. The van der Waals surface area contributed by atoms with Gasteiger partial charge >= 0.3 is 12.0 Å². The van der Waals surface area contributed by atoms with Crippen LogP contribution in [0.1, 0.15) is 12.5 Å². The van der Waals surface area contributed by atoms with Gasteiger partial charge in [-0.2, -0.15) is 0 Å². The SMILES string of the molecule is Cc1cc(-c2nc3cc(F)ccc3n2C)ccc1NC(=O)N(C)CC(C)C(=O)O. The third-order valence-electron chi connectivity index (χ3n) is 4.89. The molecule has 1 aromatic heterocycles. The van der Waals surface area contributed by atoms with Crippen LogP contribution in [0, 0.1) is 18.7 Å². The summed E-state index contributed by atoms with van der Waals surface area (Å²) in [5, 5.41) is 11.8. The fraction of sp³-hybridized carbons (Fsp3) is 0.286. The van der Waals surface area contributed by atoms with Crippen LogP contribution in [0.2, 0.25) is 0 Å². The predicted molar refractivity (Wildman–Crippen MR) is 109 cm³/mol. The molecule has 0 saturated heterocycles. The molecule has 3 rings (SSSR count). The van der Waals surface area contributed by atoms with E-state index < -0.39 is 11.9 Å². The lowest BCUT2D eigenvalue weighted by molar-refractivity contribution is -0.141. The minimum Gasteiger partial charge on any atom is -0.481 e. The number of halogens is 1. The van der Waals surface area contributed by atoms with Crippen LogP contribution in [0.4, 0.5) is 14.9 Å². The van der Waals surface area contributed by atoms with Crippen LogP contribution >= 0.6 is 0 Å². The molecule has 2 N–H and O–H groups in total. The van der Waals surface area contributed by atoms with Gasteiger partial charge in [-0.15, -0.1) is 0 Å². The smallest absolute Gasteiger partial charge is 0.321 e. The summed E-state index contributed by atoms with van der Waals surface area (Å²) < 4.78 is 15.4. The van der Waals surface area contributed by atoms with Crippen LogP contribution in [0.5, 0.6) is 0 Å². The molecule has 0 aliphatic heterocycles. The Morgan fingerprint density at radius 3 is 2.66 bits per heavy atom. The van der Waals surface area contributed by atoms with Crippen molar-refractivity contribution in [2.45, 2.75) is 13.8 Å². The highest BCUT2D eigenvalue weighted by Crippen LogP contribution is 2.27. The van der Waals surface area contributed by atoms with E-state index in [1.165, 1.54) is 17.0 Å². The number of urea groups is 1. The van der Waals surface area contributed by atoms with E-state index in [0.717, 1.165) is 16.6 Å². The number of anilines is 1. The average Bonchev–Trinajstić information content (AvgIpc) is 2.98. The van der Waals surface area contributed by atoms with Crippen LogP contribution in [-0.2, 0) is 11.8 Å². The lowest BCUT2D eigenvalue weighted by atomic mass is 10.1. The van der Waals surface area contributed by atoms with Crippen LogP contribution in [0.15, 0.2) is 36.4 Å². The molecule has 1 unspecified atom stereocenters. The van der Waals surface area contributed by atoms with Crippen molar-refractivity contribution in [1.82, 2.24) is 14.5 Å². The zero-order valence-electron chi connectivity index (χ0n) is 16.7. The summed E-state index contributed by atoms with van der Waals surface area (Å²) in [5.41, 5.74) is 3.69. The second kappa shape index (κ2) is 7.90. The molecule has 2 aromatic carbocycles. The highest BCUT2D eigenvalue weighted by atomic mass is 19.1. The van der Waals surface area contributed by atoms with Gasteiger partial charge in [0.1, 0.15) is 11.6 Å². The van der Waals surface area contributed by atoms with Gasteiger partial charge in [0.05, 0.1) is 17.0 Å². The minimum absolute atomic E-state index is 0.106. The summed E-state index contributed by atoms with van der Waals surface area (Å²) in [7, 11) is 3.42. The number of carbonyl (C=O) groups is 2. The van der Waals surface area contributed by atoms with E-state index >= 15 is 0 Å². The van der Waals surface area contributed by atoms with Crippen molar-refractivity contribution in [3.63, 3.8) is 0 Å². The fourth-order valence-electron chi connectivity index (χ4n) is 3.16. The molecule has 29 heavy (non-hydrogen) atoms. The summed E-state index contributed by atoms with van der Waals surface area (Å²) in [5.74, 6) is -1.25. The van der Waals surface area contributed by atoms with Gasteiger partial charge in [0, 0.05) is 38.0 Å². The Labute approximate surface area is 167 Å². The molecule has 152 valence electrons. The lowest BCUT2D eigenvalue weighted by Crippen LogP contribution is -2.36. The van der Waals surface area contributed by atoms with Gasteiger partial charge in [0.2, 0.25) is 0 Å². The van der Waals surface area contributed by atoms with E-state index in [0.29, 0.717) is 17.0 Å². The van der Waals surface area contributed by atoms with Gasteiger partial charge in [-0.1, -0.05) is 6.92 Å². The van der Waals surface area contributed by atoms with E-state index in [1.54, 1.807) is 26.1 Å². The van der Waals surface area contributed by atoms with Crippen molar-refractivity contribution in [3.05, 3.63) is 47.8 Å². The van der Waals surface area contributed by atoms with Crippen molar-refractivity contribution >= 4 is 28.7 Å². The van der Waals surface area contributed by atoms with Gasteiger partial charge in [-0.25, -0.2) is 14.2 Å². The Bertz CT molecular complexity index is 1090. The molecule has 0 radical (unpaired) electrons. The second-order valence-electron chi connectivity index (χ2n) is 7.21. The molecule has 3 aromatic rings. The summed E-state index contributed by atoms with van der Waals surface area (Å²) in [6.07, 6.45) is 0. The molecule has 1 atom stereocenters. The monoisotopic (exact) mass is 398 g/mol. The fourth-order valence-corrected chi connectivity index (χ4v) is 3.16. The number of nitrogens with one attached hydrogen (secondary N) is 1. The first-order valence-electron chi connectivity index (χ1n) is 9.15. The number of carbonyl (C=O) groups excluding carboxylic acids is 1. The number of aromatic nitrogens is 2. The second-order valence-corrected chi connectivity index (χ2v) is 7.21. The van der Waals surface area contributed by atoms with Crippen LogP contribution in [0.25, 0.3) is 22.4 Å². The summed E-state index contributed by atoms with van der Waals surface area (Å²) >= 11 is 0. The highest BCUT2D eigenvalue weighted by Gasteiger charge is 2.18. The molecule has 0 aliphatic carbocycles. The largest absolute Gasteiger partial charge is 0.481 e. The number of hydrogen-bond acceptors (Lipinski definition) is 3.